The number of fused-ring (bicyclic) bond motifs is 1. The lowest BCUT2D eigenvalue weighted by Gasteiger charge is -2.31. The Bertz CT molecular complexity index is 1230. The second-order valence-corrected chi connectivity index (χ2v) is 11.0. The van der Waals surface area contributed by atoms with E-state index in [1.54, 1.807) is 19.2 Å². The molecule has 32 heavy (non-hydrogen) atoms. The third-order valence-electron chi connectivity index (χ3n) is 6.56. The van der Waals surface area contributed by atoms with Gasteiger partial charge >= 0.3 is 0 Å². The van der Waals surface area contributed by atoms with Crippen LogP contribution in [0.2, 0.25) is 0 Å². The molecule has 2 aromatic rings. The molecule has 10 nitrogen and oxygen atoms in total. The molecule has 2 fully saturated rings. The number of pyridine rings is 1. The molecule has 2 atom stereocenters. The van der Waals surface area contributed by atoms with E-state index >= 15 is 0 Å². The summed E-state index contributed by atoms with van der Waals surface area (Å²) in [5, 5.41) is 23.9. The van der Waals surface area contributed by atoms with E-state index in [9.17, 15) is 18.3 Å². The van der Waals surface area contributed by atoms with E-state index in [0.29, 0.717) is 61.3 Å². The van der Waals surface area contributed by atoms with Crippen molar-refractivity contribution in [1.82, 2.24) is 18.8 Å². The van der Waals surface area contributed by atoms with Crippen LogP contribution in [-0.2, 0) is 16.4 Å². The third-order valence-corrected chi connectivity index (χ3v) is 7.87. The lowest BCUT2D eigenvalue weighted by molar-refractivity contribution is 0.0266. The Kier molecular flexibility index (Phi) is 5.96. The van der Waals surface area contributed by atoms with Gasteiger partial charge in [0.2, 0.25) is 16.0 Å². The molecule has 0 radical (unpaired) electrons. The van der Waals surface area contributed by atoms with Gasteiger partial charge in [-0.3, -0.25) is 9.36 Å². The third kappa shape index (κ3) is 4.35. The van der Waals surface area contributed by atoms with Crippen molar-refractivity contribution in [2.24, 2.45) is 0 Å². The van der Waals surface area contributed by atoms with Crippen molar-refractivity contribution in [3.05, 3.63) is 28.2 Å². The zero-order valence-electron chi connectivity index (χ0n) is 18.3. The number of anilines is 1. The lowest BCUT2D eigenvalue weighted by Crippen LogP contribution is -2.42. The van der Waals surface area contributed by atoms with Crippen LogP contribution < -0.4 is 10.9 Å². The van der Waals surface area contributed by atoms with Gasteiger partial charge in [0.1, 0.15) is 5.65 Å². The maximum absolute atomic E-state index is 13.2. The fourth-order valence-electron chi connectivity index (χ4n) is 4.80. The highest BCUT2D eigenvalue weighted by molar-refractivity contribution is 7.88. The van der Waals surface area contributed by atoms with Crippen molar-refractivity contribution >= 4 is 27.0 Å². The molecule has 0 aromatic carbocycles. The van der Waals surface area contributed by atoms with Gasteiger partial charge in [-0.1, -0.05) is 0 Å². The van der Waals surface area contributed by atoms with E-state index in [4.69, 9.17) is 5.26 Å². The molecule has 1 saturated carbocycles. The number of hydrogen-bond donors (Lipinski definition) is 2. The molecule has 0 amide bonds. The highest BCUT2D eigenvalue weighted by Crippen LogP contribution is 2.39. The number of hydrogen-bond acceptors (Lipinski definition) is 8. The SMILES string of the molecule is C[C@@]1(O)CCC[C@H]1n1c(=O)c(CC#N)cc2cnc(NC3CCN(S(C)(=O)=O)CC3)nc21. The molecule has 0 spiro atoms. The fraction of sp³-hybridized carbons (Fsp3) is 0.619. The molecule has 2 aliphatic rings. The maximum Gasteiger partial charge on any atom is 0.256 e. The minimum atomic E-state index is -3.20. The van der Waals surface area contributed by atoms with Crippen molar-refractivity contribution in [2.75, 3.05) is 24.7 Å². The molecule has 11 heteroatoms. The monoisotopic (exact) mass is 460 g/mol. The van der Waals surface area contributed by atoms with E-state index < -0.39 is 21.7 Å². The van der Waals surface area contributed by atoms with Gasteiger partial charge in [0.05, 0.1) is 30.4 Å². The first-order valence-electron chi connectivity index (χ1n) is 10.8. The van der Waals surface area contributed by atoms with Crippen LogP contribution in [0.3, 0.4) is 0 Å². The number of nitrogens with one attached hydrogen (secondary N) is 1. The van der Waals surface area contributed by atoms with Crippen molar-refractivity contribution in [2.45, 2.75) is 63.1 Å². The van der Waals surface area contributed by atoms with Gasteiger partial charge in [0.25, 0.3) is 5.56 Å². The van der Waals surface area contributed by atoms with Crippen LogP contribution in [0, 0.1) is 11.3 Å². The number of nitrogens with zero attached hydrogens (tertiary/aromatic N) is 5. The van der Waals surface area contributed by atoms with E-state index in [1.165, 1.54) is 15.1 Å². The summed E-state index contributed by atoms with van der Waals surface area (Å²) >= 11 is 0. The molecule has 2 N–H and O–H groups in total. The number of piperidine rings is 1. The fourth-order valence-corrected chi connectivity index (χ4v) is 5.67. The summed E-state index contributed by atoms with van der Waals surface area (Å²) in [6, 6.07) is 3.26. The number of sulfonamides is 1. The summed E-state index contributed by atoms with van der Waals surface area (Å²) in [5.74, 6) is 0.356. The Hall–Kier alpha value is -2.55. The molecule has 1 aliphatic carbocycles. The van der Waals surface area contributed by atoms with Crippen LogP contribution in [-0.4, -0.2) is 63.4 Å². The Labute approximate surface area is 186 Å². The quantitative estimate of drug-likeness (QED) is 0.677. The molecule has 1 aliphatic heterocycles. The van der Waals surface area contributed by atoms with Gasteiger partial charge in [-0.15, -0.1) is 0 Å². The number of nitriles is 1. The number of rotatable bonds is 5. The molecule has 0 bridgehead atoms. The van der Waals surface area contributed by atoms with Crippen molar-refractivity contribution in [3.63, 3.8) is 0 Å². The van der Waals surface area contributed by atoms with Crippen LogP contribution in [0.25, 0.3) is 11.0 Å². The molecule has 1 saturated heterocycles. The van der Waals surface area contributed by atoms with Crippen LogP contribution in [0.15, 0.2) is 17.1 Å². The van der Waals surface area contributed by atoms with E-state index in [2.05, 4.69) is 15.3 Å². The summed E-state index contributed by atoms with van der Waals surface area (Å²) in [5.41, 5.74) is -0.564. The Morgan fingerprint density at radius 2 is 2.06 bits per heavy atom. The van der Waals surface area contributed by atoms with E-state index in [1.807, 2.05) is 6.07 Å². The molecule has 4 rings (SSSR count). The summed E-state index contributed by atoms with van der Waals surface area (Å²) in [6.45, 7) is 2.59. The van der Waals surface area contributed by atoms with E-state index in [-0.39, 0.29) is 18.0 Å². The van der Waals surface area contributed by atoms with Crippen molar-refractivity contribution < 1.29 is 13.5 Å². The first-order valence-corrected chi connectivity index (χ1v) is 12.7. The largest absolute Gasteiger partial charge is 0.388 e. The zero-order valence-corrected chi connectivity index (χ0v) is 19.1. The highest BCUT2D eigenvalue weighted by atomic mass is 32.2. The predicted molar refractivity (Wildman–Crippen MR) is 120 cm³/mol. The molecule has 0 unspecified atom stereocenters. The first kappa shape index (κ1) is 22.6. The van der Waals surface area contributed by atoms with Crippen LogP contribution in [0.4, 0.5) is 5.95 Å². The van der Waals surface area contributed by atoms with Gasteiger partial charge in [0.15, 0.2) is 0 Å². The van der Waals surface area contributed by atoms with Gasteiger partial charge in [0, 0.05) is 36.3 Å². The normalized spacial score (nSPS) is 25.1. The Morgan fingerprint density at radius 1 is 1.34 bits per heavy atom. The van der Waals surface area contributed by atoms with Crippen LogP contribution in [0.1, 0.15) is 50.6 Å². The predicted octanol–water partition coefficient (Wildman–Crippen LogP) is 1.17. The standard InChI is InChI=1S/C21H28N6O4S/c1-21(29)8-3-4-17(21)27-18-15(12-14(5-9-22)19(27)28)13-23-20(25-18)24-16-6-10-26(11-7-16)32(2,30)31/h12-13,16-17,29H,3-8,10-11H2,1-2H3,(H,23,24,25)/t17-,21-/m1/s1. The summed E-state index contributed by atoms with van der Waals surface area (Å²) in [4.78, 5) is 22.2. The van der Waals surface area contributed by atoms with Crippen LogP contribution in [0.5, 0.6) is 0 Å². The smallest absolute Gasteiger partial charge is 0.256 e. The minimum absolute atomic E-state index is 0.0121. The maximum atomic E-state index is 13.2. The van der Waals surface area contributed by atoms with Crippen molar-refractivity contribution in [1.29, 1.82) is 5.26 Å². The minimum Gasteiger partial charge on any atom is -0.388 e. The number of aliphatic hydroxyl groups is 1. The number of aromatic nitrogens is 3. The molecule has 3 heterocycles. The Balaban J connectivity index is 1.69. The topological polar surface area (TPSA) is 141 Å². The molecule has 172 valence electrons. The second kappa shape index (κ2) is 8.42. The second-order valence-electron chi connectivity index (χ2n) is 9.00. The summed E-state index contributed by atoms with van der Waals surface area (Å²) in [6.07, 6.45) is 6.09. The average molecular weight is 461 g/mol. The van der Waals surface area contributed by atoms with E-state index in [0.717, 1.165) is 6.42 Å². The lowest BCUT2D eigenvalue weighted by atomic mass is 9.99. The molecular weight excluding hydrogens is 432 g/mol. The Morgan fingerprint density at radius 3 is 2.66 bits per heavy atom. The van der Waals surface area contributed by atoms with Crippen molar-refractivity contribution in [3.8, 4) is 6.07 Å². The van der Waals surface area contributed by atoms with Gasteiger partial charge < -0.3 is 10.4 Å². The van der Waals surface area contributed by atoms with Crippen LogP contribution >= 0.6 is 0 Å². The van der Waals surface area contributed by atoms with Gasteiger partial charge in [-0.25, -0.2) is 17.7 Å². The summed E-state index contributed by atoms with van der Waals surface area (Å²) in [7, 11) is -3.20. The van der Waals surface area contributed by atoms with Gasteiger partial charge in [-0.2, -0.15) is 10.2 Å². The zero-order chi connectivity index (χ0) is 23.1. The van der Waals surface area contributed by atoms with Gasteiger partial charge in [-0.05, 0) is 45.1 Å². The first-order chi connectivity index (χ1) is 15.1. The molecule has 2 aromatic heterocycles. The highest BCUT2D eigenvalue weighted by Gasteiger charge is 2.40. The molecular formula is C21H28N6O4S. The average Bonchev–Trinajstić information content (AvgIpc) is 3.07. The summed E-state index contributed by atoms with van der Waals surface area (Å²) < 4.78 is 26.5.